The van der Waals surface area contributed by atoms with Gasteiger partial charge in [-0.2, -0.15) is 0 Å². The number of benzene rings is 2. The molecule has 146 valence electrons. The minimum absolute atomic E-state index is 0.0269. The molecule has 0 saturated carbocycles. The first-order valence-corrected chi connectivity index (χ1v) is 11.8. The van der Waals surface area contributed by atoms with Crippen molar-refractivity contribution in [3.05, 3.63) is 60.2 Å². The number of amides is 1. The number of aromatic nitrogens is 1. The van der Waals surface area contributed by atoms with E-state index in [1.54, 1.807) is 4.90 Å². The fourth-order valence-electron chi connectivity index (χ4n) is 3.34. The summed E-state index contributed by atoms with van der Waals surface area (Å²) in [5.74, 6) is 0.197. The first-order valence-electron chi connectivity index (χ1n) is 9.02. The number of nitrogens with zero attached hydrogens (tertiary/aromatic N) is 2. The maximum absolute atomic E-state index is 13.0. The summed E-state index contributed by atoms with van der Waals surface area (Å²) in [6.07, 6.45) is 0.481. The lowest BCUT2D eigenvalue weighted by molar-refractivity contribution is -0.130. The van der Waals surface area contributed by atoms with Crippen molar-refractivity contribution in [2.75, 3.05) is 17.3 Å². The van der Waals surface area contributed by atoms with Crippen molar-refractivity contribution < 1.29 is 17.6 Å². The minimum atomic E-state index is -3.08. The molecule has 0 N–H and O–H groups in total. The molecule has 8 heteroatoms. The summed E-state index contributed by atoms with van der Waals surface area (Å²) in [7, 11) is -3.08. The van der Waals surface area contributed by atoms with Crippen LogP contribution in [0.25, 0.3) is 11.1 Å². The second-order valence-corrected chi connectivity index (χ2v) is 9.96. The van der Waals surface area contributed by atoms with Gasteiger partial charge in [0.2, 0.25) is 5.91 Å². The lowest BCUT2D eigenvalue weighted by Gasteiger charge is -2.28. The van der Waals surface area contributed by atoms with Gasteiger partial charge in [0, 0.05) is 12.6 Å². The quantitative estimate of drug-likeness (QED) is 0.575. The number of carbonyl (C=O) groups is 1. The molecule has 28 heavy (non-hydrogen) atoms. The smallest absolute Gasteiger partial charge is 0.257 e. The van der Waals surface area contributed by atoms with Crippen molar-refractivity contribution in [3.8, 4) is 0 Å². The number of oxazole rings is 1. The molecule has 1 fully saturated rings. The van der Waals surface area contributed by atoms with Crippen LogP contribution < -0.4 is 0 Å². The second kappa shape index (κ2) is 7.97. The molecule has 1 aliphatic heterocycles. The molecule has 0 spiro atoms. The number of hydrogen-bond acceptors (Lipinski definition) is 6. The maximum Gasteiger partial charge on any atom is 0.257 e. The highest BCUT2D eigenvalue weighted by atomic mass is 32.2. The Morgan fingerprint density at radius 2 is 1.89 bits per heavy atom. The third-order valence-electron chi connectivity index (χ3n) is 4.76. The van der Waals surface area contributed by atoms with Gasteiger partial charge in [-0.1, -0.05) is 54.2 Å². The third-order valence-corrected chi connectivity index (χ3v) is 7.32. The Bertz CT molecular complexity index is 1050. The van der Waals surface area contributed by atoms with Crippen LogP contribution in [-0.4, -0.2) is 47.5 Å². The molecule has 2 aromatic carbocycles. The summed E-state index contributed by atoms with van der Waals surface area (Å²) in [6, 6.07) is 16.8. The third kappa shape index (κ3) is 4.39. The highest BCUT2D eigenvalue weighted by Crippen LogP contribution is 2.25. The largest absolute Gasteiger partial charge is 0.431 e. The molecule has 0 bridgehead atoms. The van der Waals surface area contributed by atoms with Crippen molar-refractivity contribution >= 4 is 38.6 Å². The molecule has 0 aliphatic carbocycles. The van der Waals surface area contributed by atoms with Crippen LogP contribution in [0.4, 0.5) is 0 Å². The predicted octanol–water partition coefficient (Wildman–Crippen LogP) is 3.14. The van der Waals surface area contributed by atoms with Crippen LogP contribution in [0.2, 0.25) is 0 Å². The Hall–Kier alpha value is -2.32. The van der Waals surface area contributed by atoms with Crippen LogP contribution in [0.3, 0.4) is 0 Å². The number of para-hydroxylation sites is 2. The van der Waals surface area contributed by atoms with Gasteiger partial charge >= 0.3 is 0 Å². The highest BCUT2D eigenvalue weighted by molar-refractivity contribution is 7.99. The van der Waals surface area contributed by atoms with Crippen LogP contribution in [0, 0.1) is 0 Å². The van der Waals surface area contributed by atoms with E-state index in [0.29, 0.717) is 23.8 Å². The summed E-state index contributed by atoms with van der Waals surface area (Å²) in [6.45, 7) is 0.397. The van der Waals surface area contributed by atoms with Crippen LogP contribution in [0.15, 0.2) is 64.2 Å². The fraction of sp³-hybridized carbons (Fsp3) is 0.300. The normalized spacial score (nSPS) is 18.4. The second-order valence-electron chi connectivity index (χ2n) is 6.80. The molecule has 1 atom stereocenters. The van der Waals surface area contributed by atoms with E-state index in [-0.39, 0.29) is 29.2 Å². The number of fused-ring (bicyclic) bond motifs is 1. The Morgan fingerprint density at radius 3 is 2.61 bits per heavy atom. The molecule has 0 unspecified atom stereocenters. The van der Waals surface area contributed by atoms with E-state index in [9.17, 15) is 13.2 Å². The molecule has 1 saturated heterocycles. The van der Waals surface area contributed by atoms with Gasteiger partial charge in [0.15, 0.2) is 15.4 Å². The molecule has 1 amide bonds. The Kier molecular flexibility index (Phi) is 5.41. The van der Waals surface area contributed by atoms with E-state index in [1.807, 2.05) is 54.6 Å². The monoisotopic (exact) mass is 416 g/mol. The SMILES string of the molecule is O=C(CSc1nc2ccccc2o1)N(Cc1ccccc1)[C@@H]1CCS(=O)(=O)C1. The first kappa shape index (κ1) is 19.0. The minimum Gasteiger partial charge on any atom is -0.431 e. The lowest BCUT2D eigenvalue weighted by atomic mass is 10.1. The summed E-state index contributed by atoms with van der Waals surface area (Å²) >= 11 is 1.23. The number of hydrogen-bond donors (Lipinski definition) is 0. The zero-order valence-electron chi connectivity index (χ0n) is 15.2. The summed E-state index contributed by atoms with van der Waals surface area (Å²) in [5.41, 5.74) is 2.41. The van der Waals surface area contributed by atoms with Gasteiger partial charge in [-0.05, 0) is 24.1 Å². The van der Waals surface area contributed by atoms with E-state index >= 15 is 0 Å². The molecule has 1 aromatic heterocycles. The van der Waals surface area contributed by atoms with Crippen molar-refractivity contribution in [1.29, 1.82) is 0 Å². The molecule has 4 rings (SSSR count). The van der Waals surface area contributed by atoms with Crippen molar-refractivity contribution in [2.45, 2.75) is 24.2 Å². The Labute approximate surface area is 167 Å². The van der Waals surface area contributed by atoms with Gasteiger partial charge < -0.3 is 9.32 Å². The zero-order valence-corrected chi connectivity index (χ0v) is 16.8. The van der Waals surface area contributed by atoms with E-state index in [4.69, 9.17) is 4.42 Å². The van der Waals surface area contributed by atoms with E-state index in [2.05, 4.69) is 4.98 Å². The molecular weight excluding hydrogens is 396 g/mol. The average Bonchev–Trinajstić information content (AvgIpc) is 3.27. The fourth-order valence-corrected chi connectivity index (χ4v) is 5.80. The molecule has 2 heterocycles. The first-order chi connectivity index (χ1) is 13.5. The number of carbonyl (C=O) groups excluding carboxylic acids is 1. The summed E-state index contributed by atoms with van der Waals surface area (Å²) in [4.78, 5) is 19.0. The van der Waals surface area contributed by atoms with Crippen molar-refractivity contribution in [1.82, 2.24) is 9.88 Å². The summed E-state index contributed by atoms with van der Waals surface area (Å²) < 4.78 is 29.5. The van der Waals surface area contributed by atoms with Gasteiger partial charge in [0.1, 0.15) is 5.52 Å². The van der Waals surface area contributed by atoms with Gasteiger partial charge in [-0.15, -0.1) is 0 Å². The zero-order chi connectivity index (χ0) is 19.6. The van der Waals surface area contributed by atoms with Crippen LogP contribution in [0.5, 0.6) is 0 Å². The molecular formula is C20H20N2O4S2. The number of thioether (sulfide) groups is 1. The highest BCUT2D eigenvalue weighted by Gasteiger charge is 2.34. The molecule has 0 radical (unpaired) electrons. The lowest BCUT2D eigenvalue weighted by Crippen LogP contribution is -2.41. The molecule has 1 aliphatic rings. The van der Waals surface area contributed by atoms with Crippen LogP contribution in [-0.2, 0) is 21.2 Å². The maximum atomic E-state index is 13.0. The van der Waals surface area contributed by atoms with Crippen molar-refractivity contribution in [2.24, 2.45) is 0 Å². The van der Waals surface area contributed by atoms with Gasteiger partial charge in [-0.25, -0.2) is 13.4 Å². The van der Waals surface area contributed by atoms with Gasteiger partial charge in [-0.3, -0.25) is 4.79 Å². The van der Waals surface area contributed by atoms with Crippen LogP contribution >= 0.6 is 11.8 Å². The van der Waals surface area contributed by atoms with E-state index < -0.39 is 9.84 Å². The van der Waals surface area contributed by atoms with Crippen molar-refractivity contribution in [3.63, 3.8) is 0 Å². The number of rotatable bonds is 6. The summed E-state index contributed by atoms with van der Waals surface area (Å²) in [5, 5.41) is 0.438. The predicted molar refractivity (Wildman–Crippen MR) is 109 cm³/mol. The average molecular weight is 417 g/mol. The van der Waals surface area contributed by atoms with Gasteiger partial charge in [0.25, 0.3) is 5.22 Å². The Morgan fingerprint density at radius 1 is 1.14 bits per heavy atom. The molecule has 3 aromatic rings. The topological polar surface area (TPSA) is 80.5 Å². The van der Waals surface area contributed by atoms with E-state index in [1.165, 1.54) is 11.8 Å². The number of sulfone groups is 1. The van der Waals surface area contributed by atoms with Crippen LogP contribution in [0.1, 0.15) is 12.0 Å². The van der Waals surface area contributed by atoms with E-state index in [0.717, 1.165) is 11.1 Å². The Balaban J connectivity index is 1.49. The molecule has 6 nitrogen and oxygen atoms in total. The van der Waals surface area contributed by atoms with Gasteiger partial charge in [0.05, 0.1) is 17.3 Å². The standard InChI is InChI=1S/C20H20N2O4S2/c23-19(13-27-20-21-17-8-4-5-9-18(17)26-20)22(12-15-6-2-1-3-7-15)16-10-11-28(24,25)14-16/h1-9,16H,10-14H2/t16-/m1/s1.